The molecule has 1 aromatic heterocycles. The van der Waals surface area contributed by atoms with Gasteiger partial charge in [-0.05, 0) is 85.4 Å². The number of aliphatic hydroxyl groups is 3. The maximum Gasteiger partial charge on any atom is 0.190 e. The zero-order chi connectivity index (χ0) is 26.5. The number of nitrogens with zero attached hydrogens (tertiary/aromatic N) is 2. The predicted octanol–water partition coefficient (Wildman–Crippen LogP) is 3.87. The van der Waals surface area contributed by atoms with E-state index in [0.29, 0.717) is 19.3 Å². The number of hydrogen-bond acceptors (Lipinski definition) is 5. The molecule has 1 heterocycles. The molecule has 7 heteroatoms. The average molecular weight is 507 g/mol. The molecule has 0 radical (unpaired) electrons. The van der Waals surface area contributed by atoms with Gasteiger partial charge >= 0.3 is 0 Å². The molecule has 0 saturated heterocycles. The van der Waals surface area contributed by atoms with Crippen LogP contribution in [0.4, 0.5) is 4.39 Å². The Hall–Kier alpha value is -2.61. The zero-order valence-electron chi connectivity index (χ0n) is 21.8. The lowest BCUT2D eigenvalue weighted by Gasteiger charge is -2.59. The van der Waals surface area contributed by atoms with Crippen molar-refractivity contribution >= 4 is 11.9 Å². The van der Waals surface area contributed by atoms with Crippen LogP contribution in [0.3, 0.4) is 0 Å². The highest BCUT2D eigenvalue weighted by atomic mass is 19.1. The number of rotatable bonds is 3. The van der Waals surface area contributed by atoms with E-state index in [1.807, 2.05) is 24.7 Å². The molecular formula is C30H35FN2O4. The fourth-order valence-electron chi connectivity index (χ4n) is 8.90. The van der Waals surface area contributed by atoms with E-state index in [1.54, 1.807) is 12.1 Å². The molecule has 3 N–H and O–H groups in total. The van der Waals surface area contributed by atoms with Gasteiger partial charge in [0.25, 0.3) is 0 Å². The summed E-state index contributed by atoms with van der Waals surface area (Å²) >= 11 is 0. The lowest BCUT2D eigenvalue weighted by Crippen LogP contribution is -2.62. The summed E-state index contributed by atoms with van der Waals surface area (Å²) in [6.45, 7) is 7.44. The van der Waals surface area contributed by atoms with Crippen LogP contribution >= 0.6 is 0 Å². The zero-order valence-corrected chi connectivity index (χ0v) is 21.8. The minimum absolute atomic E-state index is 0.00689. The SMILES string of the molecule is CC1=CC2C(C(O)CC3(C)C2CC(C)C3(O)C(=O)CO)C2(C)Cc3cnn(-c4ccc(F)cc4)c3C=C12. The van der Waals surface area contributed by atoms with Gasteiger partial charge < -0.3 is 15.3 Å². The Labute approximate surface area is 216 Å². The summed E-state index contributed by atoms with van der Waals surface area (Å²) in [5.41, 5.74) is 2.31. The van der Waals surface area contributed by atoms with Crippen molar-refractivity contribution in [1.29, 1.82) is 0 Å². The Morgan fingerprint density at radius 1 is 1.24 bits per heavy atom. The number of carbonyl (C=O) groups excluding carboxylic acids is 1. The van der Waals surface area contributed by atoms with Crippen LogP contribution in [-0.4, -0.2) is 49.2 Å². The van der Waals surface area contributed by atoms with Crippen molar-refractivity contribution < 1.29 is 24.5 Å². The summed E-state index contributed by atoms with van der Waals surface area (Å²) in [5, 5.41) is 37.8. The van der Waals surface area contributed by atoms with E-state index in [1.165, 1.54) is 17.7 Å². The Bertz CT molecular complexity index is 1350. The van der Waals surface area contributed by atoms with Gasteiger partial charge in [-0.3, -0.25) is 4.79 Å². The van der Waals surface area contributed by atoms with Crippen molar-refractivity contribution in [3.63, 3.8) is 0 Å². The monoisotopic (exact) mass is 506 g/mol. The molecule has 0 spiro atoms. The Balaban J connectivity index is 1.45. The predicted molar refractivity (Wildman–Crippen MR) is 137 cm³/mol. The summed E-state index contributed by atoms with van der Waals surface area (Å²) in [7, 11) is 0. The molecule has 0 amide bonds. The van der Waals surface area contributed by atoms with Gasteiger partial charge in [0, 0.05) is 16.7 Å². The quantitative estimate of drug-likeness (QED) is 0.588. The number of hydrogen-bond donors (Lipinski definition) is 3. The second-order valence-electron chi connectivity index (χ2n) is 12.3. The first-order valence-corrected chi connectivity index (χ1v) is 13.2. The maximum atomic E-state index is 13.5. The van der Waals surface area contributed by atoms with Crippen LogP contribution in [0.25, 0.3) is 11.8 Å². The lowest BCUT2D eigenvalue weighted by atomic mass is 9.46. The van der Waals surface area contributed by atoms with Gasteiger partial charge in [-0.25, -0.2) is 9.07 Å². The highest BCUT2D eigenvalue weighted by Crippen LogP contribution is 2.68. The molecule has 4 aliphatic carbocycles. The second-order valence-corrected chi connectivity index (χ2v) is 12.3. The molecule has 37 heavy (non-hydrogen) atoms. The average Bonchev–Trinajstić information content (AvgIpc) is 3.34. The van der Waals surface area contributed by atoms with Gasteiger partial charge in [-0.15, -0.1) is 0 Å². The number of carbonyl (C=O) groups is 1. The van der Waals surface area contributed by atoms with Crippen molar-refractivity contribution in [2.75, 3.05) is 6.61 Å². The molecule has 2 saturated carbocycles. The van der Waals surface area contributed by atoms with Crippen LogP contribution in [0.15, 0.2) is 47.7 Å². The van der Waals surface area contributed by atoms with E-state index in [0.717, 1.165) is 22.5 Å². The van der Waals surface area contributed by atoms with Gasteiger partial charge in [0.1, 0.15) is 18.0 Å². The molecule has 0 bridgehead atoms. The molecule has 196 valence electrons. The molecule has 0 aliphatic heterocycles. The molecule has 6 nitrogen and oxygen atoms in total. The van der Waals surface area contributed by atoms with Crippen LogP contribution in [0.5, 0.6) is 0 Å². The van der Waals surface area contributed by atoms with Gasteiger partial charge in [-0.1, -0.05) is 32.4 Å². The van der Waals surface area contributed by atoms with E-state index < -0.39 is 29.5 Å². The highest BCUT2D eigenvalue weighted by molar-refractivity contribution is 5.90. The summed E-state index contributed by atoms with van der Waals surface area (Å²) in [5.74, 6) is -1.23. The highest BCUT2D eigenvalue weighted by Gasteiger charge is 2.70. The molecule has 2 fully saturated rings. The minimum atomic E-state index is -1.66. The lowest BCUT2D eigenvalue weighted by molar-refractivity contribution is -0.179. The van der Waals surface area contributed by atoms with E-state index in [9.17, 15) is 24.5 Å². The van der Waals surface area contributed by atoms with Crippen molar-refractivity contribution in [2.24, 2.45) is 34.5 Å². The summed E-state index contributed by atoms with van der Waals surface area (Å²) in [4.78, 5) is 12.9. The number of allylic oxidation sites excluding steroid dienone is 3. The van der Waals surface area contributed by atoms with Gasteiger partial charge in [0.05, 0.1) is 23.7 Å². The third kappa shape index (κ3) is 3.08. The van der Waals surface area contributed by atoms with E-state index in [-0.39, 0.29) is 34.9 Å². The second kappa shape index (κ2) is 7.95. The third-order valence-corrected chi connectivity index (χ3v) is 10.5. The fourth-order valence-corrected chi connectivity index (χ4v) is 8.90. The van der Waals surface area contributed by atoms with Crippen LogP contribution < -0.4 is 0 Å². The van der Waals surface area contributed by atoms with E-state index >= 15 is 0 Å². The first kappa shape index (κ1) is 24.7. The summed E-state index contributed by atoms with van der Waals surface area (Å²) < 4.78 is 15.4. The smallest absolute Gasteiger partial charge is 0.190 e. The number of aliphatic hydroxyl groups excluding tert-OH is 2. The number of Topliss-reactive ketones (excluding diaryl/α,β-unsaturated/α-hetero) is 1. The van der Waals surface area contributed by atoms with Gasteiger partial charge in [-0.2, -0.15) is 5.10 Å². The largest absolute Gasteiger partial charge is 0.393 e. The van der Waals surface area contributed by atoms with Crippen LogP contribution in [-0.2, 0) is 11.2 Å². The molecule has 1 aromatic carbocycles. The normalized spacial score (nSPS) is 40.2. The van der Waals surface area contributed by atoms with E-state index in [4.69, 9.17) is 0 Å². The van der Waals surface area contributed by atoms with Crippen molar-refractivity contribution in [3.05, 3.63) is 64.8 Å². The standard InChI is InChI=1S/C30H35FN2O4/c1-16-9-21-23-10-17(2)30(37,26(36)15-34)29(23,4)13-25(35)27(21)28(3)12-18-14-32-33(24(18)11-22(16)28)20-7-5-19(31)6-8-20/h5-9,11,14,17,21,23,25,27,34-35,37H,10,12-13,15H2,1-4H3. The molecule has 6 rings (SSSR count). The van der Waals surface area contributed by atoms with Crippen molar-refractivity contribution in [2.45, 2.75) is 58.7 Å². The Kier molecular flexibility index (Phi) is 5.31. The van der Waals surface area contributed by atoms with Crippen molar-refractivity contribution in [1.82, 2.24) is 9.78 Å². The molecular weight excluding hydrogens is 471 g/mol. The number of fused-ring (bicyclic) bond motifs is 6. The third-order valence-electron chi connectivity index (χ3n) is 10.5. The van der Waals surface area contributed by atoms with Gasteiger partial charge in [0.15, 0.2) is 5.78 Å². The molecule has 2 aromatic rings. The topological polar surface area (TPSA) is 95.6 Å². The van der Waals surface area contributed by atoms with Gasteiger partial charge in [0.2, 0.25) is 0 Å². The molecule has 4 aliphatic rings. The van der Waals surface area contributed by atoms with Crippen LogP contribution in [0.2, 0.25) is 0 Å². The van der Waals surface area contributed by atoms with E-state index in [2.05, 4.69) is 31.1 Å². The molecule has 8 atom stereocenters. The fraction of sp³-hybridized carbons (Fsp3) is 0.533. The summed E-state index contributed by atoms with van der Waals surface area (Å²) in [6.07, 6.45) is 7.24. The Morgan fingerprint density at radius 2 is 1.95 bits per heavy atom. The summed E-state index contributed by atoms with van der Waals surface area (Å²) in [6, 6.07) is 6.30. The minimum Gasteiger partial charge on any atom is -0.393 e. The maximum absolute atomic E-state index is 13.5. The van der Waals surface area contributed by atoms with Crippen LogP contribution in [0, 0.1) is 40.3 Å². The number of aromatic nitrogens is 2. The number of benzene rings is 1. The van der Waals surface area contributed by atoms with Crippen LogP contribution in [0.1, 0.15) is 51.8 Å². The first-order valence-electron chi connectivity index (χ1n) is 13.2. The van der Waals surface area contributed by atoms with Crippen molar-refractivity contribution in [3.8, 4) is 5.69 Å². The molecule has 8 unspecified atom stereocenters. The number of ketones is 1. The number of halogens is 1. The first-order chi connectivity index (χ1) is 17.5. The Morgan fingerprint density at radius 3 is 2.62 bits per heavy atom.